The number of Topliss-reactive ketones (excluding diaryl/α,β-unsaturated/α-hetero) is 1. The number of ketones is 1. The molecule has 11 nitrogen and oxygen atoms in total. The van der Waals surface area contributed by atoms with E-state index in [-0.39, 0.29) is 36.5 Å². The molecule has 0 aromatic heterocycles. The number of likely N-dealkylation sites (N-methyl/N-ethyl adjacent to an activating group) is 2. The summed E-state index contributed by atoms with van der Waals surface area (Å²) in [5, 5.41) is 11.3. The average molecular weight is 639 g/mol. The summed E-state index contributed by atoms with van der Waals surface area (Å²) in [7, 11) is 7.61. The molecule has 11 heteroatoms. The number of nitrogens with zero attached hydrogens (tertiary/aromatic N) is 4. The number of hydrogen-bond acceptors (Lipinski definition) is 11. The summed E-state index contributed by atoms with van der Waals surface area (Å²) in [6, 6.07) is 0.600. The first-order chi connectivity index (χ1) is 21.1. The van der Waals surface area contributed by atoms with Gasteiger partial charge in [0.05, 0.1) is 23.9 Å². The van der Waals surface area contributed by atoms with E-state index in [4.69, 9.17) is 18.9 Å². The lowest BCUT2D eigenvalue weighted by Crippen LogP contribution is -2.59. The second kappa shape index (κ2) is 14.9. The maximum Gasteiger partial charge on any atom is 0.319 e. The van der Waals surface area contributed by atoms with Gasteiger partial charge in [-0.05, 0) is 80.4 Å². The molecule has 0 radical (unpaired) electrons. The van der Waals surface area contributed by atoms with Crippen LogP contribution in [0.4, 0.5) is 0 Å². The quantitative estimate of drug-likeness (QED) is 0.328. The number of piperazine rings is 1. The lowest BCUT2D eigenvalue weighted by atomic mass is 9.74. The average Bonchev–Trinajstić information content (AvgIpc) is 3.83. The second-order valence-corrected chi connectivity index (χ2v) is 15.5. The molecule has 4 rings (SSSR count). The third-order valence-electron chi connectivity index (χ3n) is 10.9. The minimum Gasteiger partial charge on any atom is -0.463 e. The van der Waals surface area contributed by atoms with Crippen LogP contribution in [0, 0.1) is 17.3 Å². The van der Waals surface area contributed by atoms with Crippen molar-refractivity contribution in [2.45, 2.75) is 116 Å². The van der Waals surface area contributed by atoms with E-state index in [1.54, 1.807) is 27.9 Å². The Hall–Kier alpha value is -1.18. The highest BCUT2D eigenvalue weighted by molar-refractivity contribution is 6.04. The van der Waals surface area contributed by atoms with Crippen molar-refractivity contribution < 1.29 is 33.6 Å². The minimum atomic E-state index is -1.40. The standard InChI is InChI=1S/C34H62N4O7/c1-22-18-34(6,42-10)30(45-31-28(39)27(35(7)8)17-23(2)44-31)24(3)29(40)33(4,5)32(41)43-21-26(36(9)19-22)20-37-13-15-38(16-14-37)25-11-12-25/h22-28,30-31,39H,11-21H2,1-10H3/t22-,23-,24+,26-,27+,28-,30-,31+,34-/m1/s1. The Morgan fingerprint density at radius 2 is 1.69 bits per heavy atom. The number of esters is 1. The molecule has 1 aliphatic carbocycles. The third-order valence-corrected chi connectivity index (χ3v) is 10.9. The van der Waals surface area contributed by atoms with Crippen molar-refractivity contribution in [1.82, 2.24) is 19.6 Å². The van der Waals surface area contributed by atoms with E-state index in [2.05, 4.69) is 28.7 Å². The molecule has 1 saturated carbocycles. The highest BCUT2D eigenvalue weighted by atomic mass is 16.7. The molecule has 0 amide bonds. The second-order valence-electron chi connectivity index (χ2n) is 15.5. The first-order valence-corrected chi connectivity index (χ1v) is 17.2. The lowest BCUT2D eigenvalue weighted by Gasteiger charge is -2.47. The predicted molar refractivity (Wildman–Crippen MR) is 173 cm³/mol. The zero-order valence-corrected chi connectivity index (χ0v) is 29.7. The molecule has 9 atom stereocenters. The van der Waals surface area contributed by atoms with E-state index in [0.717, 1.165) is 45.3 Å². The van der Waals surface area contributed by atoms with E-state index < -0.39 is 41.4 Å². The van der Waals surface area contributed by atoms with Crippen molar-refractivity contribution >= 4 is 11.8 Å². The smallest absolute Gasteiger partial charge is 0.319 e. The first-order valence-electron chi connectivity index (χ1n) is 17.2. The van der Waals surface area contributed by atoms with Crippen LogP contribution in [0.25, 0.3) is 0 Å². The molecule has 3 heterocycles. The maximum absolute atomic E-state index is 14.2. The summed E-state index contributed by atoms with van der Waals surface area (Å²) in [5.74, 6) is -1.39. The van der Waals surface area contributed by atoms with Gasteiger partial charge in [0.2, 0.25) is 0 Å². The topological polar surface area (TPSA) is 104 Å². The monoisotopic (exact) mass is 638 g/mol. The molecule has 4 fully saturated rings. The zero-order chi connectivity index (χ0) is 33.3. The van der Waals surface area contributed by atoms with Crippen LogP contribution in [0.1, 0.15) is 67.2 Å². The van der Waals surface area contributed by atoms with Crippen molar-refractivity contribution in [1.29, 1.82) is 0 Å². The summed E-state index contributed by atoms with van der Waals surface area (Å²) in [6.07, 6.45) is 1.10. The first kappa shape index (κ1) is 36.7. The Morgan fingerprint density at radius 3 is 2.27 bits per heavy atom. The Kier molecular flexibility index (Phi) is 12.2. The summed E-state index contributed by atoms with van der Waals surface area (Å²) < 4.78 is 25.0. The number of rotatable bonds is 7. The molecule has 3 saturated heterocycles. The van der Waals surface area contributed by atoms with Crippen LogP contribution in [0.3, 0.4) is 0 Å². The number of ether oxygens (including phenoxy) is 4. The fourth-order valence-corrected chi connectivity index (χ4v) is 7.83. The Labute approximate surface area is 271 Å². The van der Waals surface area contributed by atoms with Gasteiger partial charge in [-0.2, -0.15) is 0 Å². The van der Waals surface area contributed by atoms with E-state index >= 15 is 0 Å². The fourth-order valence-electron chi connectivity index (χ4n) is 7.83. The maximum atomic E-state index is 14.2. The van der Waals surface area contributed by atoms with Gasteiger partial charge in [0.25, 0.3) is 0 Å². The molecule has 260 valence electrons. The van der Waals surface area contributed by atoms with Crippen LogP contribution >= 0.6 is 0 Å². The van der Waals surface area contributed by atoms with Gasteiger partial charge in [-0.15, -0.1) is 0 Å². The molecule has 0 unspecified atom stereocenters. The van der Waals surface area contributed by atoms with Gasteiger partial charge < -0.3 is 29.0 Å². The van der Waals surface area contributed by atoms with E-state index in [1.165, 1.54) is 12.8 Å². The largest absolute Gasteiger partial charge is 0.463 e. The molecule has 0 spiro atoms. The van der Waals surface area contributed by atoms with Gasteiger partial charge in [-0.3, -0.25) is 24.3 Å². The normalized spacial score (nSPS) is 40.4. The summed E-state index contributed by atoms with van der Waals surface area (Å²) >= 11 is 0. The van der Waals surface area contributed by atoms with Gasteiger partial charge in [0, 0.05) is 64.4 Å². The Bertz CT molecular complexity index is 1000. The fraction of sp³-hybridized carbons (Fsp3) is 0.941. The number of carbonyl (C=O) groups excluding carboxylic acids is 2. The minimum absolute atomic E-state index is 0.0101. The molecule has 0 aromatic carbocycles. The highest BCUT2D eigenvalue weighted by Crippen LogP contribution is 2.38. The summed E-state index contributed by atoms with van der Waals surface area (Å²) in [6.45, 7) is 17.2. The number of aliphatic hydroxyl groups is 1. The predicted octanol–water partition coefficient (Wildman–Crippen LogP) is 2.10. The van der Waals surface area contributed by atoms with Gasteiger partial charge in [0.15, 0.2) is 12.1 Å². The number of hydrogen-bond donors (Lipinski definition) is 1. The highest BCUT2D eigenvalue weighted by Gasteiger charge is 2.51. The van der Waals surface area contributed by atoms with Crippen LogP contribution in [0.5, 0.6) is 0 Å². The molecular weight excluding hydrogens is 576 g/mol. The SMILES string of the molecule is CO[C@]1(C)C[C@@H](C)CN(C)[C@H](CN2CCN(C3CC3)CC2)COC(=O)C(C)(C)C(=O)[C@H](C)[C@H]1O[C@@H]1O[C@H](C)C[C@H](N(C)C)[C@H]1O. The number of aliphatic hydroxyl groups excluding tert-OH is 1. The van der Waals surface area contributed by atoms with Crippen molar-refractivity contribution in [2.75, 3.05) is 74.1 Å². The van der Waals surface area contributed by atoms with E-state index in [9.17, 15) is 14.7 Å². The van der Waals surface area contributed by atoms with Crippen LogP contribution in [-0.2, 0) is 28.5 Å². The van der Waals surface area contributed by atoms with Crippen molar-refractivity contribution in [3.63, 3.8) is 0 Å². The van der Waals surface area contributed by atoms with E-state index in [1.807, 2.05) is 32.8 Å². The Morgan fingerprint density at radius 1 is 1.04 bits per heavy atom. The van der Waals surface area contributed by atoms with Crippen molar-refractivity contribution in [3.05, 3.63) is 0 Å². The molecule has 1 N–H and O–H groups in total. The van der Waals surface area contributed by atoms with Gasteiger partial charge in [0.1, 0.15) is 18.1 Å². The molecule has 3 aliphatic heterocycles. The molecule has 0 bridgehead atoms. The number of cyclic esters (lactones) is 1. The Balaban J connectivity index is 1.58. The molecule has 45 heavy (non-hydrogen) atoms. The van der Waals surface area contributed by atoms with Crippen molar-refractivity contribution in [3.8, 4) is 0 Å². The van der Waals surface area contributed by atoms with Gasteiger partial charge >= 0.3 is 5.97 Å². The summed E-state index contributed by atoms with van der Waals surface area (Å²) in [5.41, 5.74) is -2.31. The van der Waals surface area contributed by atoms with Crippen LogP contribution < -0.4 is 0 Å². The van der Waals surface area contributed by atoms with Gasteiger partial charge in [-0.25, -0.2) is 0 Å². The molecule has 0 aromatic rings. The zero-order valence-electron chi connectivity index (χ0n) is 29.7. The molecular formula is C34H62N4O7. The van der Waals surface area contributed by atoms with Crippen molar-refractivity contribution in [2.24, 2.45) is 17.3 Å². The van der Waals surface area contributed by atoms with Crippen LogP contribution in [-0.4, -0.2) is 159 Å². The summed E-state index contributed by atoms with van der Waals surface area (Å²) in [4.78, 5) is 37.2. The van der Waals surface area contributed by atoms with E-state index in [0.29, 0.717) is 12.8 Å². The number of methoxy groups -OCH3 is 1. The number of carbonyl (C=O) groups is 2. The van der Waals surface area contributed by atoms with Gasteiger partial charge in [-0.1, -0.05) is 13.8 Å². The van der Waals surface area contributed by atoms with Crippen LogP contribution in [0.2, 0.25) is 0 Å². The van der Waals surface area contributed by atoms with Crippen LogP contribution in [0.15, 0.2) is 0 Å². The third kappa shape index (κ3) is 8.65. The lowest BCUT2D eigenvalue weighted by molar-refractivity contribution is -0.295. The molecule has 4 aliphatic rings.